The maximum absolute atomic E-state index is 13.5. The number of carboxylic acids is 1. The summed E-state index contributed by atoms with van der Waals surface area (Å²) >= 11 is 0. The summed E-state index contributed by atoms with van der Waals surface area (Å²) in [5.74, 6) is -4.27. The Morgan fingerprint density at radius 3 is 2.71 bits per heavy atom. The van der Waals surface area contributed by atoms with Gasteiger partial charge >= 0.3 is 5.97 Å². The minimum Gasteiger partial charge on any atom is -0.481 e. The van der Waals surface area contributed by atoms with Crippen molar-refractivity contribution >= 4 is 11.9 Å². The van der Waals surface area contributed by atoms with Gasteiger partial charge in [0.1, 0.15) is 11.6 Å². The standard InChI is InChI=1S/C11H9F2NO3/c12-5-1-2-6(8(13)3-5)10-7(11(16)17)4-9(15)14-10/h1-3,7,10H,4H2,(H,14,15)(H,16,17)/t7-,10+/m0/s1. The summed E-state index contributed by atoms with van der Waals surface area (Å²) in [5, 5.41) is 11.3. The molecule has 0 aliphatic carbocycles. The molecule has 2 N–H and O–H groups in total. The topological polar surface area (TPSA) is 66.4 Å². The number of hydrogen-bond donors (Lipinski definition) is 2. The van der Waals surface area contributed by atoms with Crippen LogP contribution in [0.2, 0.25) is 0 Å². The van der Waals surface area contributed by atoms with Gasteiger partial charge in [0.25, 0.3) is 0 Å². The molecule has 6 heteroatoms. The zero-order chi connectivity index (χ0) is 12.6. The molecule has 1 aromatic rings. The monoisotopic (exact) mass is 241 g/mol. The van der Waals surface area contributed by atoms with E-state index in [4.69, 9.17) is 5.11 Å². The van der Waals surface area contributed by atoms with E-state index in [-0.39, 0.29) is 12.0 Å². The zero-order valence-corrected chi connectivity index (χ0v) is 8.61. The number of carboxylic acid groups (broad SMARTS) is 1. The third kappa shape index (κ3) is 2.11. The van der Waals surface area contributed by atoms with Crippen molar-refractivity contribution in [3.05, 3.63) is 35.4 Å². The number of rotatable bonds is 2. The molecule has 4 nitrogen and oxygen atoms in total. The highest BCUT2D eigenvalue weighted by atomic mass is 19.1. The molecule has 0 spiro atoms. The summed E-state index contributed by atoms with van der Waals surface area (Å²) in [6.07, 6.45) is -0.198. The third-order valence-corrected chi connectivity index (χ3v) is 2.74. The average molecular weight is 241 g/mol. The van der Waals surface area contributed by atoms with Crippen molar-refractivity contribution in [3.8, 4) is 0 Å². The minimum absolute atomic E-state index is 0.00958. The van der Waals surface area contributed by atoms with E-state index in [1.54, 1.807) is 0 Å². The number of halogens is 2. The molecule has 1 saturated heterocycles. The van der Waals surface area contributed by atoms with Gasteiger partial charge in [0.05, 0.1) is 12.0 Å². The van der Waals surface area contributed by atoms with Gasteiger partial charge in [-0.05, 0) is 6.07 Å². The van der Waals surface area contributed by atoms with Crippen LogP contribution < -0.4 is 5.32 Å². The maximum Gasteiger partial charge on any atom is 0.309 e. The molecule has 0 unspecified atom stereocenters. The fourth-order valence-corrected chi connectivity index (χ4v) is 1.93. The van der Waals surface area contributed by atoms with E-state index < -0.39 is 35.5 Å². The molecule has 17 heavy (non-hydrogen) atoms. The Morgan fingerprint density at radius 2 is 2.12 bits per heavy atom. The molecule has 1 aliphatic heterocycles. The van der Waals surface area contributed by atoms with Crippen molar-refractivity contribution in [2.24, 2.45) is 5.92 Å². The molecular formula is C11H9F2NO3. The predicted octanol–water partition coefficient (Wildman–Crippen LogP) is 1.23. The SMILES string of the molecule is O=C1C[C@H](C(=O)O)[C@@H](c2ccc(F)cc2F)N1. The van der Waals surface area contributed by atoms with Crippen molar-refractivity contribution < 1.29 is 23.5 Å². The Hall–Kier alpha value is -1.98. The number of hydrogen-bond acceptors (Lipinski definition) is 2. The summed E-state index contributed by atoms with van der Waals surface area (Å²) in [4.78, 5) is 22.1. The van der Waals surface area contributed by atoms with E-state index in [1.165, 1.54) is 0 Å². The Bertz CT molecular complexity index is 490. The Morgan fingerprint density at radius 1 is 1.41 bits per heavy atom. The number of nitrogens with one attached hydrogen (secondary N) is 1. The molecule has 0 aromatic heterocycles. The quantitative estimate of drug-likeness (QED) is 0.818. The average Bonchev–Trinajstić information content (AvgIpc) is 2.60. The van der Waals surface area contributed by atoms with Crippen LogP contribution in [0.1, 0.15) is 18.0 Å². The van der Waals surface area contributed by atoms with Crippen molar-refractivity contribution in [1.82, 2.24) is 5.32 Å². The van der Waals surface area contributed by atoms with Crippen molar-refractivity contribution in [3.63, 3.8) is 0 Å². The van der Waals surface area contributed by atoms with Crippen molar-refractivity contribution in [2.45, 2.75) is 12.5 Å². The molecule has 0 bridgehead atoms. The van der Waals surface area contributed by atoms with Gasteiger partial charge in [-0.2, -0.15) is 0 Å². The van der Waals surface area contributed by atoms with Gasteiger partial charge in [0.2, 0.25) is 5.91 Å². The fraction of sp³-hybridized carbons (Fsp3) is 0.273. The molecule has 1 fully saturated rings. The van der Waals surface area contributed by atoms with Crippen LogP contribution in [0.15, 0.2) is 18.2 Å². The lowest BCUT2D eigenvalue weighted by Gasteiger charge is -2.16. The third-order valence-electron chi connectivity index (χ3n) is 2.74. The van der Waals surface area contributed by atoms with E-state index >= 15 is 0 Å². The lowest BCUT2D eigenvalue weighted by molar-refractivity contribution is -0.142. The molecule has 1 heterocycles. The van der Waals surface area contributed by atoms with E-state index in [9.17, 15) is 18.4 Å². The first kappa shape index (κ1) is 11.5. The molecule has 2 rings (SSSR count). The maximum atomic E-state index is 13.5. The Kier molecular flexibility index (Phi) is 2.79. The van der Waals surface area contributed by atoms with Gasteiger partial charge in [-0.25, -0.2) is 8.78 Å². The largest absolute Gasteiger partial charge is 0.481 e. The highest BCUT2D eigenvalue weighted by Crippen LogP contribution is 2.32. The van der Waals surface area contributed by atoms with Gasteiger partial charge < -0.3 is 10.4 Å². The van der Waals surface area contributed by atoms with Crippen LogP contribution in [0.5, 0.6) is 0 Å². The van der Waals surface area contributed by atoms with Crippen LogP contribution in [0.4, 0.5) is 8.78 Å². The van der Waals surface area contributed by atoms with Gasteiger partial charge in [-0.3, -0.25) is 9.59 Å². The molecule has 90 valence electrons. The smallest absolute Gasteiger partial charge is 0.309 e. The number of benzene rings is 1. The fourth-order valence-electron chi connectivity index (χ4n) is 1.93. The Balaban J connectivity index is 2.38. The van der Waals surface area contributed by atoms with Gasteiger partial charge in [-0.15, -0.1) is 0 Å². The summed E-state index contributed by atoms with van der Waals surface area (Å²) < 4.78 is 26.2. The molecule has 1 aliphatic rings. The second kappa shape index (κ2) is 4.12. The first-order valence-corrected chi connectivity index (χ1v) is 4.96. The lowest BCUT2D eigenvalue weighted by atomic mass is 9.94. The number of aliphatic carboxylic acids is 1. The van der Waals surface area contributed by atoms with E-state index in [0.717, 1.165) is 12.1 Å². The summed E-state index contributed by atoms with van der Waals surface area (Å²) in [6.45, 7) is 0. The van der Waals surface area contributed by atoms with Gasteiger partial charge in [-0.1, -0.05) is 6.07 Å². The molecule has 0 radical (unpaired) electrons. The van der Waals surface area contributed by atoms with Crippen LogP contribution in [-0.2, 0) is 9.59 Å². The zero-order valence-electron chi connectivity index (χ0n) is 8.61. The van der Waals surface area contributed by atoms with Crippen LogP contribution in [0.25, 0.3) is 0 Å². The van der Waals surface area contributed by atoms with E-state index in [0.29, 0.717) is 6.07 Å². The van der Waals surface area contributed by atoms with Crippen LogP contribution in [0, 0.1) is 17.6 Å². The lowest BCUT2D eigenvalue weighted by Crippen LogP contribution is -2.25. The molecule has 1 aromatic carbocycles. The van der Waals surface area contributed by atoms with E-state index in [2.05, 4.69) is 5.32 Å². The first-order valence-electron chi connectivity index (χ1n) is 4.96. The predicted molar refractivity (Wildman–Crippen MR) is 53.0 cm³/mol. The molecule has 0 saturated carbocycles. The van der Waals surface area contributed by atoms with Gasteiger partial charge in [0.15, 0.2) is 0 Å². The number of carbonyl (C=O) groups excluding carboxylic acids is 1. The second-order valence-corrected chi connectivity index (χ2v) is 3.86. The Labute approximate surface area is 95.2 Å². The first-order chi connectivity index (χ1) is 7.99. The number of amides is 1. The van der Waals surface area contributed by atoms with Crippen molar-refractivity contribution in [2.75, 3.05) is 0 Å². The molecule has 1 amide bonds. The highest BCUT2D eigenvalue weighted by molar-refractivity contribution is 5.87. The van der Waals surface area contributed by atoms with E-state index in [1.807, 2.05) is 0 Å². The van der Waals surface area contributed by atoms with Crippen LogP contribution in [-0.4, -0.2) is 17.0 Å². The van der Waals surface area contributed by atoms with Crippen LogP contribution in [0.3, 0.4) is 0 Å². The molecular weight excluding hydrogens is 232 g/mol. The molecule has 2 atom stereocenters. The number of carbonyl (C=O) groups is 2. The summed E-state index contributed by atoms with van der Waals surface area (Å²) in [5.41, 5.74) is -0.00958. The summed E-state index contributed by atoms with van der Waals surface area (Å²) in [7, 11) is 0. The van der Waals surface area contributed by atoms with Crippen molar-refractivity contribution in [1.29, 1.82) is 0 Å². The van der Waals surface area contributed by atoms with Crippen LogP contribution >= 0.6 is 0 Å². The second-order valence-electron chi connectivity index (χ2n) is 3.86. The highest BCUT2D eigenvalue weighted by Gasteiger charge is 2.39. The van der Waals surface area contributed by atoms with Gasteiger partial charge in [0, 0.05) is 18.1 Å². The summed E-state index contributed by atoms with van der Waals surface area (Å²) in [6, 6.07) is 1.90. The normalized spacial score (nSPS) is 23.5. The minimum atomic E-state index is -1.18.